The van der Waals surface area contributed by atoms with Crippen LogP contribution >= 0.6 is 23.4 Å². The molecule has 0 unspecified atom stereocenters. The first-order valence-electron chi connectivity index (χ1n) is 4.29. The van der Waals surface area contributed by atoms with E-state index < -0.39 is 0 Å². The molecule has 2 rings (SSSR count). The first-order valence-corrected chi connectivity index (χ1v) is 5.49. The molecular formula is C11H7ClFNS. The molecular weight excluding hydrogens is 233 g/mol. The van der Waals surface area contributed by atoms with Crippen LogP contribution in [0.2, 0.25) is 5.02 Å². The van der Waals surface area contributed by atoms with Gasteiger partial charge in [0.05, 0.1) is 5.02 Å². The molecule has 0 bridgehead atoms. The van der Waals surface area contributed by atoms with Crippen molar-refractivity contribution >= 4 is 23.4 Å². The summed E-state index contributed by atoms with van der Waals surface area (Å²) in [4.78, 5) is 5.35. The van der Waals surface area contributed by atoms with Crippen molar-refractivity contribution in [2.24, 2.45) is 0 Å². The zero-order valence-electron chi connectivity index (χ0n) is 7.65. The first-order chi connectivity index (χ1) is 7.27. The van der Waals surface area contributed by atoms with Crippen molar-refractivity contribution in [3.05, 3.63) is 53.6 Å². The number of hydrogen-bond acceptors (Lipinski definition) is 2. The highest BCUT2D eigenvalue weighted by Crippen LogP contribution is 2.31. The minimum absolute atomic E-state index is 0.142. The summed E-state index contributed by atoms with van der Waals surface area (Å²) in [5, 5.41) is 0.142. The lowest BCUT2D eigenvalue weighted by molar-refractivity contribution is 0.602. The lowest BCUT2D eigenvalue weighted by atomic mass is 10.3. The van der Waals surface area contributed by atoms with E-state index in [1.54, 1.807) is 24.5 Å². The number of halogens is 2. The van der Waals surface area contributed by atoms with Crippen molar-refractivity contribution in [2.45, 2.75) is 9.79 Å². The summed E-state index contributed by atoms with van der Waals surface area (Å²) in [6, 6.07) is 8.63. The second-order valence-corrected chi connectivity index (χ2v) is 4.37. The van der Waals surface area contributed by atoms with Gasteiger partial charge in [0.15, 0.2) is 5.82 Å². The van der Waals surface area contributed by atoms with E-state index in [9.17, 15) is 4.39 Å². The van der Waals surface area contributed by atoms with Crippen LogP contribution in [0.5, 0.6) is 0 Å². The van der Waals surface area contributed by atoms with Crippen molar-refractivity contribution < 1.29 is 4.39 Å². The fraction of sp³-hybridized carbons (Fsp3) is 0. The smallest absolute Gasteiger partial charge is 0.155 e. The molecule has 0 saturated carbocycles. The number of pyridine rings is 1. The summed E-state index contributed by atoms with van der Waals surface area (Å²) >= 11 is 6.98. The summed E-state index contributed by atoms with van der Waals surface area (Å²) < 4.78 is 13.5. The number of aromatic nitrogens is 1. The second kappa shape index (κ2) is 4.64. The summed E-state index contributed by atoms with van der Waals surface area (Å²) in [5.74, 6) is -0.381. The number of hydrogen-bond donors (Lipinski definition) is 0. The van der Waals surface area contributed by atoms with Crippen LogP contribution in [0.3, 0.4) is 0 Å². The predicted octanol–water partition coefficient (Wildman–Crippen LogP) is 4.03. The van der Waals surface area contributed by atoms with E-state index >= 15 is 0 Å². The topological polar surface area (TPSA) is 12.9 Å². The van der Waals surface area contributed by atoms with Crippen LogP contribution in [0.25, 0.3) is 0 Å². The van der Waals surface area contributed by atoms with E-state index in [0.717, 1.165) is 4.90 Å². The van der Waals surface area contributed by atoms with E-state index in [1.165, 1.54) is 17.8 Å². The van der Waals surface area contributed by atoms with Gasteiger partial charge in [-0.25, -0.2) is 4.39 Å². The molecule has 1 nitrogen and oxygen atoms in total. The highest BCUT2D eigenvalue weighted by atomic mass is 35.5. The van der Waals surface area contributed by atoms with Crippen molar-refractivity contribution in [1.29, 1.82) is 0 Å². The van der Waals surface area contributed by atoms with Gasteiger partial charge < -0.3 is 0 Å². The molecule has 0 fully saturated rings. The van der Waals surface area contributed by atoms with Crippen LogP contribution in [-0.2, 0) is 0 Å². The van der Waals surface area contributed by atoms with Crippen molar-refractivity contribution in [3.8, 4) is 0 Å². The van der Waals surface area contributed by atoms with E-state index in [1.807, 2.05) is 12.1 Å². The molecule has 0 radical (unpaired) electrons. The fourth-order valence-corrected chi connectivity index (χ4v) is 2.19. The van der Waals surface area contributed by atoms with Crippen molar-refractivity contribution in [1.82, 2.24) is 4.98 Å². The molecule has 1 heterocycles. The van der Waals surface area contributed by atoms with Gasteiger partial charge in [0.1, 0.15) is 0 Å². The molecule has 76 valence electrons. The lowest BCUT2D eigenvalue weighted by Crippen LogP contribution is -1.82. The molecule has 0 spiro atoms. The molecule has 0 atom stereocenters. The molecule has 0 aliphatic rings. The molecule has 2 aromatic rings. The first kappa shape index (κ1) is 10.5. The van der Waals surface area contributed by atoms with Gasteiger partial charge in [-0.3, -0.25) is 4.98 Å². The average molecular weight is 240 g/mol. The van der Waals surface area contributed by atoms with E-state index in [0.29, 0.717) is 4.90 Å². The van der Waals surface area contributed by atoms with E-state index in [-0.39, 0.29) is 10.8 Å². The molecule has 0 amide bonds. The fourth-order valence-electron chi connectivity index (χ4n) is 1.10. The van der Waals surface area contributed by atoms with Gasteiger partial charge in [-0.15, -0.1) is 0 Å². The van der Waals surface area contributed by atoms with Crippen LogP contribution < -0.4 is 0 Å². The van der Waals surface area contributed by atoms with Gasteiger partial charge in [0.2, 0.25) is 0 Å². The Labute approximate surface area is 96.3 Å². The minimum atomic E-state index is -0.381. The maximum Gasteiger partial charge on any atom is 0.155 e. The van der Waals surface area contributed by atoms with Crippen molar-refractivity contribution in [3.63, 3.8) is 0 Å². The molecule has 1 aromatic carbocycles. The predicted molar refractivity (Wildman–Crippen MR) is 59.8 cm³/mol. The van der Waals surface area contributed by atoms with Gasteiger partial charge in [0.25, 0.3) is 0 Å². The molecule has 4 heteroatoms. The maximum absolute atomic E-state index is 13.5. The zero-order valence-corrected chi connectivity index (χ0v) is 9.23. The molecule has 1 aromatic heterocycles. The number of nitrogens with zero attached hydrogens (tertiary/aromatic N) is 1. The summed E-state index contributed by atoms with van der Waals surface area (Å²) in [5.41, 5.74) is 0. The summed E-state index contributed by atoms with van der Waals surface area (Å²) in [6.07, 6.45) is 3.36. The Kier molecular flexibility index (Phi) is 3.23. The van der Waals surface area contributed by atoms with E-state index in [4.69, 9.17) is 11.6 Å². The standard InChI is InChI=1S/C11H7ClFNS/c12-9-4-1-5-10(11(9)13)15-8-3-2-6-14-7-8/h1-7H. The molecule has 0 N–H and O–H groups in total. The van der Waals surface area contributed by atoms with Crippen LogP contribution in [0.4, 0.5) is 4.39 Å². The minimum Gasteiger partial charge on any atom is -0.264 e. The lowest BCUT2D eigenvalue weighted by Gasteiger charge is -2.03. The average Bonchev–Trinajstić information content (AvgIpc) is 2.26. The zero-order chi connectivity index (χ0) is 10.7. The Hall–Kier alpha value is -1.06. The van der Waals surface area contributed by atoms with Crippen LogP contribution in [0.15, 0.2) is 52.5 Å². The third-order valence-electron chi connectivity index (χ3n) is 1.78. The van der Waals surface area contributed by atoms with E-state index in [2.05, 4.69) is 4.98 Å². The number of benzene rings is 1. The maximum atomic E-state index is 13.5. The Bertz CT molecular complexity index is 461. The van der Waals surface area contributed by atoms with Crippen molar-refractivity contribution in [2.75, 3.05) is 0 Å². The second-order valence-electron chi connectivity index (χ2n) is 2.84. The highest BCUT2D eigenvalue weighted by Gasteiger charge is 2.07. The van der Waals surface area contributed by atoms with Crippen LogP contribution in [0, 0.1) is 5.82 Å². The molecule has 15 heavy (non-hydrogen) atoms. The summed E-state index contributed by atoms with van der Waals surface area (Å²) in [7, 11) is 0. The Balaban J connectivity index is 2.29. The Morgan fingerprint density at radius 2 is 2.07 bits per heavy atom. The van der Waals surface area contributed by atoms with Gasteiger partial charge in [-0.2, -0.15) is 0 Å². The molecule has 0 saturated heterocycles. The number of rotatable bonds is 2. The largest absolute Gasteiger partial charge is 0.264 e. The van der Waals surface area contributed by atoms with Gasteiger partial charge in [0, 0.05) is 22.2 Å². The molecule has 0 aliphatic heterocycles. The highest BCUT2D eigenvalue weighted by molar-refractivity contribution is 7.99. The SMILES string of the molecule is Fc1c(Cl)cccc1Sc1cccnc1. The van der Waals surface area contributed by atoms with Gasteiger partial charge >= 0.3 is 0 Å². The molecule has 0 aliphatic carbocycles. The van der Waals surface area contributed by atoms with Gasteiger partial charge in [-0.05, 0) is 24.3 Å². The van der Waals surface area contributed by atoms with Crippen LogP contribution in [0.1, 0.15) is 0 Å². The Morgan fingerprint density at radius 1 is 1.20 bits per heavy atom. The Morgan fingerprint density at radius 3 is 2.80 bits per heavy atom. The quantitative estimate of drug-likeness (QED) is 0.785. The third kappa shape index (κ3) is 2.49. The normalized spacial score (nSPS) is 10.3. The van der Waals surface area contributed by atoms with Crippen LogP contribution in [-0.4, -0.2) is 4.98 Å². The third-order valence-corrected chi connectivity index (χ3v) is 3.08. The summed E-state index contributed by atoms with van der Waals surface area (Å²) in [6.45, 7) is 0. The monoisotopic (exact) mass is 239 g/mol. The van der Waals surface area contributed by atoms with Gasteiger partial charge in [-0.1, -0.05) is 29.4 Å².